The molecule has 0 radical (unpaired) electrons. The predicted octanol–water partition coefficient (Wildman–Crippen LogP) is 22.1. The highest BCUT2D eigenvalue weighted by Gasteiger charge is 2.46. The van der Waals surface area contributed by atoms with Gasteiger partial charge in [0.1, 0.15) is 0 Å². The Labute approximate surface area is 485 Å². The van der Waals surface area contributed by atoms with Crippen LogP contribution in [-0.4, -0.2) is 0 Å². The molecule has 2 atom stereocenters. The van der Waals surface area contributed by atoms with Crippen molar-refractivity contribution in [2.24, 2.45) is 5.92 Å². The van der Waals surface area contributed by atoms with Crippen molar-refractivity contribution in [1.29, 1.82) is 0 Å². The maximum Gasteiger partial charge on any atom is 0.0465 e. The summed E-state index contributed by atoms with van der Waals surface area (Å²) >= 11 is 0. The molecule has 2 unspecified atom stereocenters. The van der Waals surface area contributed by atoms with E-state index in [-0.39, 0.29) is 27.6 Å². The molecule has 0 saturated carbocycles. The lowest BCUT2D eigenvalue weighted by atomic mass is 9.73. The van der Waals surface area contributed by atoms with Gasteiger partial charge in [0.05, 0.1) is 0 Å². The van der Waals surface area contributed by atoms with Crippen LogP contribution in [0.15, 0.2) is 248 Å². The van der Waals surface area contributed by atoms with Gasteiger partial charge in [-0.1, -0.05) is 227 Å². The third kappa shape index (κ3) is 8.35. The van der Waals surface area contributed by atoms with E-state index in [2.05, 4.69) is 322 Å². The van der Waals surface area contributed by atoms with Gasteiger partial charge in [-0.3, -0.25) is 0 Å². The minimum absolute atomic E-state index is 0.0749. The Morgan fingerprint density at radius 1 is 0.378 bits per heavy atom. The molecule has 0 aliphatic heterocycles. The second kappa shape index (κ2) is 18.9. The first-order valence-corrected chi connectivity index (χ1v) is 29.6. The molecule has 0 N–H and O–H groups in total. The number of fused-ring (bicyclic) bond motifs is 11. The van der Waals surface area contributed by atoms with E-state index in [0.717, 1.165) is 17.1 Å². The quantitative estimate of drug-likeness (QED) is 0.140. The van der Waals surface area contributed by atoms with Crippen molar-refractivity contribution in [3.63, 3.8) is 0 Å². The second-order valence-electron chi connectivity index (χ2n) is 26.6. The molecule has 0 bridgehead atoms. The number of nitrogens with zero attached hydrogens (tertiary/aromatic N) is 2. The highest BCUT2D eigenvalue weighted by atomic mass is 15.2. The van der Waals surface area contributed by atoms with E-state index in [1.807, 2.05) is 0 Å². The van der Waals surface area contributed by atoms with Crippen molar-refractivity contribution in [2.75, 3.05) is 9.80 Å². The average Bonchev–Trinajstić information content (AvgIpc) is 3.96. The Bertz CT molecular complexity index is 4390. The highest BCUT2D eigenvalue weighted by molar-refractivity contribution is 6.26. The molecular formula is C80H72N2. The summed E-state index contributed by atoms with van der Waals surface area (Å²) in [5, 5.41) is 7.69. The molecule has 0 spiro atoms. The number of hydrogen-bond acceptors (Lipinski definition) is 2. The SMILES string of the molecule is CC(C)(C)c1ccc(N(C2=CC3C(C=C2)c2ccc(-c4cc5cc(-c6ccc7c(c6)C(C)(C)c6cc(N(c8ccccc8)c8ccc(C(C)(C)C)cc8)ccc6-7)c6ccccc6c5c5ccccc45)cc2C3(C)C)c2ccccc2)cc1. The molecule has 0 saturated heterocycles. The first-order chi connectivity index (χ1) is 39.4. The molecule has 2 heteroatoms. The van der Waals surface area contributed by atoms with E-state index in [1.165, 1.54) is 116 Å². The summed E-state index contributed by atoms with van der Waals surface area (Å²) < 4.78 is 0. The molecule has 3 aliphatic carbocycles. The van der Waals surface area contributed by atoms with Crippen LogP contribution in [-0.2, 0) is 21.7 Å². The molecule has 2 nitrogen and oxygen atoms in total. The summed E-state index contributed by atoms with van der Waals surface area (Å²) in [6.07, 6.45) is 7.42. The Hall–Kier alpha value is -8.72. The van der Waals surface area contributed by atoms with Gasteiger partial charge in [-0.25, -0.2) is 0 Å². The fraction of sp³-hybridized carbons (Fsp3) is 0.200. The lowest BCUT2D eigenvalue weighted by molar-refractivity contribution is 0.392. The van der Waals surface area contributed by atoms with Gasteiger partial charge >= 0.3 is 0 Å². The van der Waals surface area contributed by atoms with Gasteiger partial charge in [0.25, 0.3) is 0 Å². The zero-order chi connectivity index (χ0) is 56.5. The molecule has 14 rings (SSSR count). The zero-order valence-electron chi connectivity index (χ0n) is 49.1. The van der Waals surface area contributed by atoms with Gasteiger partial charge in [-0.2, -0.15) is 0 Å². The second-order valence-corrected chi connectivity index (χ2v) is 26.6. The Morgan fingerprint density at radius 2 is 0.817 bits per heavy atom. The van der Waals surface area contributed by atoms with Crippen LogP contribution in [0.5, 0.6) is 0 Å². The van der Waals surface area contributed by atoms with Crippen molar-refractivity contribution in [3.8, 4) is 33.4 Å². The van der Waals surface area contributed by atoms with Gasteiger partial charge in [0.2, 0.25) is 0 Å². The van der Waals surface area contributed by atoms with Crippen molar-refractivity contribution in [3.05, 3.63) is 282 Å². The minimum Gasteiger partial charge on any atom is -0.311 e. The smallest absolute Gasteiger partial charge is 0.0465 e. The molecule has 0 fully saturated rings. The highest BCUT2D eigenvalue weighted by Crippen LogP contribution is 2.56. The van der Waals surface area contributed by atoms with Crippen molar-refractivity contribution >= 4 is 60.8 Å². The van der Waals surface area contributed by atoms with Gasteiger partial charge in [-0.15, -0.1) is 0 Å². The van der Waals surface area contributed by atoms with E-state index in [9.17, 15) is 0 Å². The van der Waals surface area contributed by atoms with Crippen LogP contribution in [0.1, 0.15) is 109 Å². The summed E-state index contributed by atoms with van der Waals surface area (Å²) in [4.78, 5) is 4.85. The topological polar surface area (TPSA) is 6.48 Å². The average molecular weight is 1060 g/mol. The molecule has 11 aromatic rings. The summed E-state index contributed by atoms with van der Waals surface area (Å²) in [5.41, 5.74) is 22.7. The fourth-order valence-electron chi connectivity index (χ4n) is 14.3. The van der Waals surface area contributed by atoms with E-state index >= 15 is 0 Å². The fourth-order valence-corrected chi connectivity index (χ4v) is 14.3. The number of para-hydroxylation sites is 2. The van der Waals surface area contributed by atoms with Crippen LogP contribution in [0.2, 0.25) is 0 Å². The molecule has 3 aliphatic rings. The Kier molecular flexibility index (Phi) is 11.9. The van der Waals surface area contributed by atoms with Crippen LogP contribution in [0.4, 0.5) is 28.4 Å². The maximum atomic E-state index is 2.57. The maximum absolute atomic E-state index is 2.57. The number of anilines is 5. The van der Waals surface area contributed by atoms with Gasteiger partial charge in [-0.05, 0) is 206 Å². The van der Waals surface area contributed by atoms with Gasteiger partial charge in [0.15, 0.2) is 0 Å². The first kappa shape index (κ1) is 51.4. The van der Waals surface area contributed by atoms with Crippen LogP contribution in [0.3, 0.4) is 0 Å². The first-order valence-electron chi connectivity index (χ1n) is 29.6. The van der Waals surface area contributed by atoms with Crippen molar-refractivity contribution in [2.45, 2.75) is 96.8 Å². The number of hydrogen-bond donors (Lipinski definition) is 0. The monoisotopic (exact) mass is 1060 g/mol. The van der Waals surface area contributed by atoms with E-state index in [1.54, 1.807) is 0 Å². The largest absolute Gasteiger partial charge is 0.311 e. The van der Waals surface area contributed by atoms with Crippen LogP contribution in [0.25, 0.3) is 65.7 Å². The van der Waals surface area contributed by atoms with Gasteiger partial charge < -0.3 is 9.80 Å². The summed E-state index contributed by atoms with van der Waals surface area (Å²) in [5.74, 6) is 0.575. The number of allylic oxidation sites excluding steroid dienone is 3. The van der Waals surface area contributed by atoms with Crippen LogP contribution >= 0.6 is 0 Å². The van der Waals surface area contributed by atoms with Gasteiger partial charge in [0, 0.05) is 45.5 Å². The lowest BCUT2D eigenvalue weighted by Crippen LogP contribution is -2.28. The minimum atomic E-state index is -0.239. The Balaban J connectivity index is 0.843. The molecule has 402 valence electrons. The molecule has 0 aromatic heterocycles. The van der Waals surface area contributed by atoms with E-state index in [0.29, 0.717) is 5.92 Å². The normalized spacial score (nSPS) is 16.6. The Morgan fingerprint density at radius 3 is 1.37 bits per heavy atom. The van der Waals surface area contributed by atoms with E-state index < -0.39 is 0 Å². The van der Waals surface area contributed by atoms with Crippen LogP contribution in [0, 0.1) is 5.92 Å². The zero-order valence-corrected chi connectivity index (χ0v) is 49.1. The summed E-state index contributed by atoms with van der Waals surface area (Å²) in [6.45, 7) is 23.5. The van der Waals surface area contributed by atoms with Crippen molar-refractivity contribution < 1.29 is 0 Å². The molecule has 11 aromatic carbocycles. The van der Waals surface area contributed by atoms with Crippen LogP contribution < -0.4 is 9.80 Å². The third-order valence-electron chi connectivity index (χ3n) is 18.8. The number of benzene rings is 11. The molecule has 0 heterocycles. The molecular weight excluding hydrogens is 989 g/mol. The lowest BCUT2D eigenvalue weighted by Gasteiger charge is -2.35. The summed E-state index contributed by atoms with van der Waals surface area (Å²) in [6, 6.07) is 85.0. The molecule has 0 amide bonds. The van der Waals surface area contributed by atoms with Crippen molar-refractivity contribution in [1.82, 2.24) is 0 Å². The number of rotatable bonds is 8. The standard InChI is InChI=1S/C80H72N2/c1-77(2,3)54-31-35-58(36-32-54)81(56-21-13-11-14-22-56)60-39-43-66-64-41-29-51(47-72(64)79(7,8)74(66)49-60)70-45-53-46-71(63-26-18-20-28-69(63)76(53)68-27-19-17-25-62(68)70)52-30-42-65-67-44-40-61(50-75(67)80(9,10)73(65)48-52)82(57-23-15-12-16-24-57)59-37-33-55(34-38-59)78(4,5)6/h11-50,66,74H,1-10H3. The molecule has 82 heavy (non-hydrogen) atoms. The predicted molar refractivity (Wildman–Crippen MR) is 351 cm³/mol. The summed E-state index contributed by atoms with van der Waals surface area (Å²) in [7, 11) is 0. The third-order valence-corrected chi connectivity index (χ3v) is 18.8. The van der Waals surface area contributed by atoms with E-state index in [4.69, 9.17) is 0 Å².